The third-order valence-corrected chi connectivity index (χ3v) is 2.50. The first kappa shape index (κ1) is 14.7. The van der Waals surface area contributed by atoms with Gasteiger partial charge in [-0.2, -0.15) is 5.26 Å². The summed E-state index contributed by atoms with van der Waals surface area (Å²) in [5.41, 5.74) is 5.45. The number of amides is 1. The van der Waals surface area contributed by atoms with Crippen molar-refractivity contribution in [2.45, 2.75) is 13.0 Å². The Morgan fingerprint density at radius 1 is 1.37 bits per heavy atom. The fraction of sp³-hybridized carbons (Fsp3) is 0.250. The quantitative estimate of drug-likeness (QED) is 0.550. The number of carbonyl (C=O) groups excluding carboxylic acids is 1. The average Bonchev–Trinajstić information content (AvgIpc) is 2.44. The second kappa shape index (κ2) is 7.18. The lowest BCUT2D eigenvalue weighted by Gasteiger charge is -2.15. The molecule has 0 saturated heterocycles. The smallest absolute Gasteiger partial charge is 0.279 e. The Kier molecular flexibility index (Phi) is 5.57. The van der Waals surface area contributed by atoms with E-state index >= 15 is 0 Å². The Bertz CT molecular complexity index is 495. The molecule has 0 aliphatic carbocycles. The van der Waals surface area contributed by atoms with Gasteiger partial charge in [-0.05, 0) is 43.4 Å². The standard InChI is InChI=1S/C12H14N4O2S/c1-8(11(17)15-16-12(19)14-2)18-10-5-3-9(7-13)4-6-10/h3-6,8H,1-2H3,(H,15,17)(H2,14,16,19)/t8-/m0/s1. The maximum atomic E-state index is 11.7. The number of carbonyl (C=O) groups is 1. The molecule has 1 rings (SSSR count). The molecular weight excluding hydrogens is 264 g/mol. The van der Waals surface area contributed by atoms with E-state index in [1.165, 1.54) is 0 Å². The molecule has 0 saturated carbocycles. The zero-order chi connectivity index (χ0) is 14.3. The molecule has 0 spiro atoms. The van der Waals surface area contributed by atoms with E-state index in [1.54, 1.807) is 38.2 Å². The molecule has 0 aliphatic rings. The van der Waals surface area contributed by atoms with Gasteiger partial charge in [0.05, 0.1) is 11.6 Å². The maximum Gasteiger partial charge on any atom is 0.279 e. The summed E-state index contributed by atoms with van der Waals surface area (Å²) < 4.78 is 5.42. The van der Waals surface area contributed by atoms with Crippen molar-refractivity contribution in [3.05, 3.63) is 29.8 Å². The van der Waals surface area contributed by atoms with Crippen LogP contribution in [0.15, 0.2) is 24.3 Å². The molecule has 0 unspecified atom stereocenters. The zero-order valence-electron chi connectivity index (χ0n) is 10.6. The monoisotopic (exact) mass is 278 g/mol. The number of hydrazine groups is 1. The molecule has 1 amide bonds. The average molecular weight is 278 g/mol. The van der Waals surface area contributed by atoms with Crippen LogP contribution in [0.25, 0.3) is 0 Å². The van der Waals surface area contributed by atoms with Crippen LogP contribution in [0.2, 0.25) is 0 Å². The molecule has 6 nitrogen and oxygen atoms in total. The summed E-state index contributed by atoms with van der Waals surface area (Å²) in [6, 6.07) is 8.51. The second-order valence-electron chi connectivity index (χ2n) is 3.59. The Labute approximate surface area is 116 Å². The fourth-order valence-electron chi connectivity index (χ4n) is 1.15. The highest BCUT2D eigenvalue weighted by atomic mass is 32.1. The second-order valence-corrected chi connectivity index (χ2v) is 4.00. The van der Waals surface area contributed by atoms with Crippen molar-refractivity contribution in [2.24, 2.45) is 0 Å². The molecule has 0 radical (unpaired) electrons. The van der Waals surface area contributed by atoms with Crippen LogP contribution in [0.5, 0.6) is 5.75 Å². The highest BCUT2D eigenvalue weighted by molar-refractivity contribution is 7.80. The molecule has 100 valence electrons. The van der Waals surface area contributed by atoms with Gasteiger partial charge in [0.15, 0.2) is 11.2 Å². The molecule has 0 fully saturated rings. The van der Waals surface area contributed by atoms with Gasteiger partial charge in [-0.3, -0.25) is 15.6 Å². The van der Waals surface area contributed by atoms with E-state index < -0.39 is 6.10 Å². The van der Waals surface area contributed by atoms with E-state index in [2.05, 4.69) is 16.2 Å². The summed E-state index contributed by atoms with van der Waals surface area (Å²) in [6.45, 7) is 1.61. The third-order valence-electron chi connectivity index (χ3n) is 2.19. The zero-order valence-corrected chi connectivity index (χ0v) is 11.4. The van der Waals surface area contributed by atoms with Crippen LogP contribution in [0.1, 0.15) is 12.5 Å². The molecule has 1 aromatic carbocycles. The van der Waals surface area contributed by atoms with Gasteiger partial charge in [-0.15, -0.1) is 0 Å². The molecule has 0 aliphatic heterocycles. The van der Waals surface area contributed by atoms with Gasteiger partial charge in [0.25, 0.3) is 5.91 Å². The Balaban J connectivity index is 2.49. The summed E-state index contributed by atoms with van der Waals surface area (Å²) in [4.78, 5) is 11.7. The number of nitriles is 1. The van der Waals surface area contributed by atoms with Gasteiger partial charge in [0, 0.05) is 7.05 Å². The normalized spacial score (nSPS) is 10.8. The van der Waals surface area contributed by atoms with Crippen molar-refractivity contribution in [2.75, 3.05) is 7.05 Å². The number of nitrogens with one attached hydrogen (secondary N) is 3. The number of hydrogen-bond donors (Lipinski definition) is 3. The number of hydrogen-bond acceptors (Lipinski definition) is 4. The molecule has 0 bridgehead atoms. The predicted molar refractivity (Wildman–Crippen MR) is 74.2 cm³/mol. The first-order valence-electron chi connectivity index (χ1n) is 5.51. The van der Waals surface area contributed by atoms with Gasteiger partial charge in [0.2, 0.25) is 0 Å². The first-order chi connectivity index (χ1) is 9.06. The third kappa shape index (κ3) is 4.81. The number of rotatable bonds is 3. The van der Waals surface area contributed by atoms with E-state index in [0.717, 1.165) is 0 Å². The lowest BCUT2D eigenvalue weighted by Crippen LogP contribution is -2.49. The van der Waals surface area contributed by atoms with Crippen molar-refractivity contribution < 1.29 is 9.53 Å². The van der Waals surface area contributed by atoms with Crippen LogP contribution in [0, 0.1) is 11.3 Å². The molecule has 19 heavy (non-hydrogen) atoms. The SMILES string of the molecule is CNC(=S)NNC(=O)[C@H](C)Oc1ccc(C#N)cc1. The first-order valence-corrected chi connectivity index (χ1v) is 5.92. The number of benzene rings is 1. The van der Waals surface area contributed by atoms with Crippen LogP contribution >= 0.6 is 12.2 Å². The van der Waals surface area contributed by atoms with Crippen LogP contribution in [-0.4, -0.2) is 24.2 Å². The minimum absolute atomic E-state index is 0.305. The fourth-order valence-corrected chi connectivity index (χ4v) is 1.20. The topological polar surface area (TPSA) is 86.2 Å². The number of nitrogens with zero attached hydrogens (tertiary/aromatic N) is 1. The minimum Gasteiger partial charge on any atom is -0.481 e. The summed E-state index contributed by atoms with van der Waals surface area (Å²) in [6.07, 6.45) is -0.694. The largest absolute Gasteiger partial charge is 0.481 e. The molecule has 1 aromatic rings. The lowest BCUT2D eigenvalue weighted by atomic mass is 10.2. The summed E-state index contributed by atoms with van der Waals surface area (Å²) >= 11 is 4.81. The van der Waals surface area contributed by atoms with Crippen LogP contribution in [-0.2, 0) is 4.79 Å². The van der Waals surface area contributed by atoms with Gasteiger partial charge in [-0.1, -0.05) is 0 Å². The lowest BCUT2D eigenvalue weighted by molar-refractivity contribution is -0.127. The van der Waals surface area contributed by atoms with E-state index in [0.29, 0.717) is 16.4 Å². The molecule has 0 heterocycles. The van der Waals surface area contributed by atoms with Gasteiger partial charge < -0.3 is 10.1 Å². The van der Waals surface area contributed by atoms with E-state index in [4.69, 9.17) is 22.2 Å². The van der Waals surface area contributed by atoms with E-state index in [-0.39, 0.29) is 5.91 Å². The highest BCUT2D eigenvalue weighted by Gasteiger charge is 2.14. The predicted octanol–water partition coefficient (Wildman–Crippen LogP) is 0.451. The van der Waals surface area contributed by atoms with E-state index in [9.17, 15) is 4.79 Å². The van der Waals surface area contributed by atoms with Crippen LogP contribution in [0.4, 0.5) is 0 Å². The van der Waals surface area contributed by atoms with Gasteiger partial charge >= 0.3 is 0 Å². The Hall–Kier alpha value is -2.33. The van der Waals surface area contributed by atoms with Crippen molar-refractivity contribution in [3.63, 3.8) is 0 Å². The maximum absolute atomic E-state index is 11.7. The summed E-state index contributed by atoms with van der Waals surface area (Å²) in [7, 11) is 1.64. The molecule has 3 N–H and O–H groups in total. The summed E-state index contributed by atoms with van der Waals surface area (Å²) in [5, 5.41) is 11.6. The van der Waals surface area contributed by atoms with Crippen molar-refractivity contribution >= 4 is 23.2 Å². The Morgan fingerprint density at radius 3 is 2.53 bits per heavy atom. The minimum atomic E-state index is -0.694. The van der Waals surface area contributed by atoms with Crippen LogP contribution < -0.4 is 20.9 Å². The molecule has 7 heteroatoms. The Morgan fingerprint density at radius 2 is 2.00 bits per heavy atom. The van der Waals surface area contributed by atoms with Crippen molar-refractivity contribution in [1.29, 1.82) is 5.26 Å². The molecule has 0 aromatic heterocycles. The van der Waals surface area contributed by atoms with Crippen molar-refractivity contribution in [1.82, 2.24) is 16.2 Å². The van der Waals surface area contributed by atoms with Crippen molar-refractivity contribution in [3.8, 4) is 11.8 Å². The molecular formula is C12H14N4O2S. The number of thiocarbonyl (C=S) groups is 1. The van der Waals surface area contributed by atoms with E-state index in [1.807, 2.05) is 6.07 Å². The summed E-state index contributed by atoms with van der Waals surface area (Å²) in [5.74, 6) is 0.153. The highest BCUT2D eigenvalue weighted by Crippen LogP contribution is 2.13. The van der Waals surface area contributed by atoms with Gasteiger partial charge in [0.1, 0.15) is 5.75 Å². The van der Waals surface area contributed by atoms with Gasteiger partial charge in [-0.25, -0.2) is 0 Å². The number of ether oxygens (including phenoxy) is 1. The molecule has 1 atom stereocenters. The van der Waals surface area contributed by atoms with Crippen LogP contribution in [0.3, 0.4) is 0 Å².